The van der Waals surface area contributed by atoms with Crippen molar-refractivity contribution in [3.8, 4) is 11.3 Å². The zero-order valence-corrected chi connectivity index (χ0v) is 14.4. The molecule has 5 heteroatoms. The summed E-state index contributed by atoms with van der Waals surface area (Å²) in [6, 6.07) is 12.8. The van der Waals surface area contributed by atoms with Crippen LogP contribution in [0, 0.1) is 5.82 Å². The molecule has 0 radical (unpaired) electrons. The van der Waals surface area contributed by atoms with Gasteiger partial charge >= 0.3 is 5.97 Å². The molecule has 0 atom stereocenters. The molecule has 26 heavy (non-hydrogen) atoms. The van der Waals surface area contributed by atoms with Gasteiger partial charge in [-0.15, -0.1) is 0 Å². The van der Waals surface area contributed by atoms with Crippen molar-refractivity contribution in [3.63, 3.8) is 0 Å². The highest BCUT2D eigenvalue weighted by Gasteiger charge is 2.18. The number of carboxylic acid groups (broad SMARTS) is 1. The monoisotopic (exact) mass is 351 g/mol. The third-order valence-electron chi connectivity index (χ3n) is 4.19. The van der Waals surface area contributed by atoms with E-state index in [1.165, 1.54) is 18.2 Å². The Balaban J connectivity index is 2.51. The van der Waals surface area contributed by atoms with E-state index in [1.54, 1.807) is 41.0 Å². The van der Waals surface area contributed by atoms with Crippen LogP contribution >= 0.6 is 0 Å². The lowest BCUT2D eigenvalue weighted by atomic mass is 9.97. The quantitative estimate of drug-likeness (QED) is 0.705. The summed E-state index contributed by atoms with van der Waals surface area (Å²) in [4.78, 5) is 24.2. The van der Waals surface area contributed by atoms with Crippen LogP contribution in [0.4, 0.5) is 4.39 Å². The first-order valence-corrected chi connectivity index (χ1v) is 8.24. The lowest BCUT2D eigenvalue weighted by Gasteiger charge is -2.21. The molecule has 0 saturated carbocycles. The van der Waals surface area contributed by atoms with Crippen molar-refractivity contribution >= 4 is 22.8 Å². The van der Waals surface area contributed by atoms with E-state index in [-0.39, 0.29) is 17.4 Å². The fourth-order valence-electron chi connectivity index (χ4n) is 3.11. The van der Waals surface area contributed by atoms with Gasteiger partial charge in [-0.25, -0.2) is 9.18 Å². The normalized spacial score (nSPS) is 11.5. The minimum Gasteiger partial charge on any atom is -0.478 e. The molecule has 4 nitrogen and oxygen atoms in total. The molecule has 0 amide bonds. The SMILES string of the molecule is CC(C)n1c(-c2ccc(F)cc2)c(/C=C/C(=O)O)c2ccccc2c1=O. The molecule has 0 saturated heterocycles. The van der Waals surface area contributed by atoms with Gasteiger partial charge in [-0.2, -0.15) is 0 Å². The number of hydrogen-bond donors (Lipinski definition) is 1. The van der Waals surface area contributed by atoms with E-state index in [1.807, 2.05) is 13.8 Å². The fourth-order valence-corrected chi connectivity index (χ4v) is 3.11. The molecule has 0 aliphatic carbocycles. The summed E-state index contributed by atoms with van der Waals surface area (Å²) in [7, 11) is 0. The summed E-state index contributed by atoms with van der Waals surface area (Å²) >= 11 is 0. The van der Waals surface area contributed by atoms with Crippen molar-refractivity contribution in [2.24, 2.45) is 0 Å². The van der Waals surface area contributed by atoms with Crippen molar-refractivity contribution in [2.45, 2.75) is 19.9 Å². The van der Waals surface area contributed by atoms with Crippen LogP contribution in [0.3, 0.4) is 0 Å². The Kier molecular flexibility index (Phi) is 4.71. The van der Waals surface area contributed by atoms with Gasteiger partial charge in [0.15, 0.2) is 0 Å². The van der Waals surface area contributed by atoms with Gasteiger partial charge in [0.2, 0.25) is 0 Å². The number of aromatic nitrogens is 1. The van der Waals surface area contributed by atoms with Crippen molar-refractivity contribution in [3.05, 3.63) is 76.3 Å². The van der Waals surface area contributed by atoms with Crippen LogP contribution in [0.1, 0.15) is 25.5 Å². The Morgan fingerprint density at radius 3 is 2.27 bits per heavy atom. The third-order valence-corrected chi connectivity index (χ3v) is 4.19. The summed E-state index contributed by atoms with van der Waals surface area (Å²) < 4.78 is 15.0. The molecule has 1 N–H and O–H groups in total. The summed E-state index contributed by atoms with van der Waals surface area (Å²) in [5.41, 5.74) is 1.67. The lowest BCUT2D eigenvalue weighted by molar-refractivity contribution is -0.131. The zero-order chi connectivity index (χ0) is 18.8. The van der Waals surface area contributed by atoms with Gasteiger partial charge in [0.1, 0.15) is 5.82 Å². The van der Waals surface area contributed by atoms with Crippen molar-refractivity contribution in [2.75, 3.05) is 0 Å². The summed E-state index contributed by atoms with van der Waals surface area (Å²) in [5, 5.41) is 10.2. The molecule has 0 unspecified atom stereocenters. The maximum atomic E-state index is 13.4. The predicted molar refractivity (Wildman–Crippen MR) is 101 cm³/mol. The van der Waals surface area contributed by atoms with Crippen LogP contribution in [0.2, 0.25) is 0 Å². The number of hydrogen-bond acceptors (Lipinski definition) is 2. The van der Waals surface area contributed by atoms with Crippen LogP contribution in [0.15, 0.2) is 59.4 Å². The molecule has 0 spiro atoms. The molecule has 3 aromatic rings. The van der Waals surface area contributed by atoms with E-state index in [9.17, 15) is 14.0 Å². The minimum absolute atomic E-state index is 0.163. The second-order valence-electron chi connectivity index (χ2n) is 6.26. The van der Waals surface area contributed by atoms with Gasteiger partial charge in [-0.05, 0) is 61.2 Å². The highest BCUT2D eigenvalue weighted by molar-refractivity contribution is 5.98. The Morgan fingerprint density at radius 2 is 1.69 bits per heavy atom. The summed E-state index contributed by atoms with van der Waals surface area (Å²) in [5.74, 6) is -1.46. The molecule has 0 aliphatic heterocycles. The topological polar surface area (TPSA) is 59.3 Å². The van der Waals surface area contributed by atoms with Crippen molar-refractivity contribution in [1.29, 1.82) is 0 Å². The molecule has 1 aromatic heterocycles. The molecule has 132 valence electrons. The van der Waals surface area contributed by atoms with Crippen LogP contribution in [-0.4, -0.2) is 15.6 Å². The average molecular weight is 351 g/mol. The Morgan fingerprint density at radius 1 is 1.08 bits per heavy atom. The first kappa shape index (κ1) is 17.6. The summed E-state index contributed by atoms with van der Waals surface area (Å²) in [6.07, 6.45) is 2.53. The highest BCUT2D eigenvalue weighted by Crippen LogP contribution is 2.31. The number of carbonyl (C=O) groups is 1. The fraction of sp³-hybridized carbons (Fsp3) is 0.143. The largest absolute Gasteiger partial charge is 0.478 e. The molecule has 3 rings (SSSR count). The maximum Gasteiger partial charge on any atom is 0.328 e. The second-order valence-corrected chi connectivity index (χ2v) is 6.26. The van der Waals surface area contributed by atoms with Crippen LogP contribution in [0.25, 0.3) is 28.1 Å². The van der Waals surface area contributed by atoms with Gasteiger partial charge in [-0.3, -0.25) is 4.79 Å². The number of fused-ring (bicyclic) bond motifs is 1. The van der Waals surface area contributed by atoms with Gasteiger partial charge < -0.3 is 9.67 Å². The van der Waals surface area contributed by atoms with E-state index in [0.717, 1.165) is 6.08 Å². The average Bonchev–Trinajstić information content (AvgIpc) is 2.61. The number of aliphatic carboxylic acids is 1. The number of rotatable bonds is 4. The number of halogens is 1. The van der Waals surface area contributed by atoms with Gasteiger partial charge in [0.25, 0.3) is 5.56 Å². The minimum atomic E-state index is -1.08. The van der Waals surface area contributed by atoms with Crippen molar-refractivity contribution < 1.29 is 14.3 Å². The highest BCUT2D eigenvalue weighted by atomic mass is 19.1. The molecule has 0 aliphatic rings. The van der Waals surface area contributed by atoms with E-state index in [4.69, 9.17) is 5.11 Å². The van der Waals surface area contributed by atoms with Crippen LogP contribution in [-0.2, 0) is 4.79 Å². The van der Waals surface area contributed by atoms with E-state index >= 15 is 0 Å². The summed E-state index contributed by atoms with van der Waals surface area (Å²) in [6.45, 7) is 3.77. The Hall–Kier alpha value is -3.21. The number of carboxylic acids is 1. The predicted octanol–water partition coefficient (Wildman–Crippen LogP) is 4.49. The zero-order valence-electron chi connectivity index (χ0n) is 14.4. The van der Waals surface area contributed by atoms with E-state index in [2.05, 4.69) is 0 Å². The Labute approximate surface area is 149 Å². The lowest BCUT2D eigenvalue weighted by Crippen LogP contribution is -2.25. The van der Waals surface area contributed by atoms with Crippen LogP contribution < -0.4 is 5.56 Å². The third kappa shape index (κ3) is 3.16. The van der Waals surface area contributed by atoms with Gasteiger partial charge in [0, 0.05) is 23.1 Å². The molecule has 0 fully saturated rings. The molecular formula is C21H18FNO3. The first-order valence-electron chi connectivity index (χ1n) is 8.24. The smallest absolute Gasteiger partial charge is 0.328 e. The molecular weight excluding hydrogens is 333 g/mol. The van der Waals surface area contributed by atoms with E-state index in [0.29, 0.717) is 27.6 Å². The van der Waals surface area contributed by atoms with Crippen LogP contribution in [0.5, 0.6) is 0 Å². The molecule has 0 bridgehead atoms. The molecule has 1 heterocycles. The molecule has 2 aromatic carbocycles. The first-order chi connectivity index (χ1) is 12.4. The number of benzene rings is 2. The Bertz CT molecular complexity index is 1060. The maximum absolute atomic E-state index is 13.4. The second kappa shape index (κ2) is 6.96. The number of nitrogens with zero attached hydrogens (tertiary/aromatic N) is 1. The van der Waals surface area contributed by atoms with Gasteiger partial charge in [0.05, 0.1) is 5.69 Å². The standard InChI is InChI=1S/C21H18FNO3/c1-13(2)23-20(14-7-9-15(22)10-8-14)17(11-12-19(24)25)16-5-3-4-6-18(16)21(23)26/h3-13H,1-2H3,(H,24,25)/b12-11+. The van der Waals surface area contributed by atoms with Crippen molar-refractivity contribution in [1.82, 2.24) is 4.57 Å². The number of pyridine rings is 1. The van der Waals surface area contributed by atoms with Gasteiger partial charge in [-0.1, -0.05) is 18.2 Å². The van der Waals surface area contributed by atoms with E-state index < -0.39 is 5.97 Å².